The van der Waals surface area contributed by atoms with Crippen LogP contribution in [0.5, 0.6) is 0 Å². The zero-order valence-electron chi connectivity index (χ0n) is 9.37. The maximum atomic E-state index is 9.49. The van der Waals surface area contributed by atoms with Crippen LogP contribution in [0, 0.1) is 5.41 Å². The van der Waals surface area contributed by atoms with Crippen LogP contribution >= 0.6 is 0 Å². The minimum atomic E-state index is 0.184. The molecule has 0 unspecified atom stereocenters. The van der Waals surface area contributed by atoms with Gasteiger partial charge in [0.25, 0.3) is 0 Å². The summed E-state index contributed by atoms with van der Waals surface area (Å²) in [6, 6.07) is 0. The van der Waals surface area contributed by atoms with Crippen molar-refractivity contribution in [2.24, 2.45) is 5.41 Å². The van der Waals surface area contributed by atoms with Crippen LogP contribution in [-0.4, -0.2) is 48.5 Å². The van der Waals surface area contributed by atoms with Crippen LogP contribution in [0.15, 0.2) is 0 Å². The van der Waals surface area contributed by atoms with E-state index < -0.39 is 0 Å². The number of hydrogen-bond acceptors (Lipinski definition) is 3. The lowest BCUT2D eigenvalue weighted by Gasteiger charge is -2.62. The predicted molar refractivity (Wildman–Crippen MR) is 57.7 cm³/mol. The number of rotatable bonds is 2. The van der Waals surface area contributed by atoms with E-state index in [2.05, 4.69) is 4.90 Å². The summed E-state index contributed by atoms with van der Waals surface area (Å²) in [5, 5.41) is 9.49. The molecule has 0 atom stereocenters. The van der Waals surface area contributed by atoms with Crippen molar-refractivity contribution in [1.29, 1.82) is 0 Å². The van der Waals surface area contributed by atoms with Gasteiger partial charge in [0.15, 0.2) is 0 Å². The second-order valence-electron chi connectivity index (χ2n) is 5.70. The summed E-state index contributed by atoms with van der Waals surface area (Å²) in [7, 11) is 0. The molecule has 15 heavy (non-hydrogen) atoms. The molecule has 0 amide bonds. The largest absolute Gasteiger partial charge is 0.394 e. The third-order valence-corrected chi connectivity index (χ3v) is 4.86. The molecule has 1 saturated carbocycles. The van der Waals surface area contributed by atoms with Gasteiger partial charge in [0.1, 0.15) is 0 Å². The molecule has 3 heteroatoms. The van der Waals surface area contributed by atoms with Gasteiger partial charge >= 0.3 is 0 Å². The summed E-state index contributed by atoms with van der Waals surface area (Å²) in [5.74, 6) is 0. The second-order valence-corrected chi connectivity index (χ2v) is 5.70. The molecule has 1 spiro atoms. The minimum Gasteiger partial charge on any atom is -0.394 e. The number of aliphatic hydroxyl groups is 1. The first-order valence-electron chi connectivity index (χ1n) is 6.22. The van der Waals surface area contributed by atoms with E-state index in [0.29, 0.717) is 12.0 Å². The highest BCUT2D eigenvalue weighted by molar-refractivity contribution is 5.07. The van der Waals surface area contributed by atoms with Crippen LogP contribution < -0.4 is 0 Å². The quantitative estimate of drug-likeness (QED) is 0.740. The Morgan fingerprint density at radius 3 is 2.20 bits per heavy atom. The Balaban J connectivity index is 1.60. The van der Waals surface area contributed by atoms with E-state index in [4.69, 9.17) is 4.74 Å². The number of ether oxygens (including phenoxy) is 1. The molecule has 3 nitrogen and oxygen atoms in total. The van der Waals surface area contributed by atoms with Gasteiger partial charge in [-0.1, -0.05) is 0 Å². The normalized spacial score (nSPS) is 33.4. The molecule has 0 radical (unpaired) electrons. The fraction of sp³-hybridized carbons (Fsp3) is 1.00. The molecule has 1 N–H and O–H groups in total. The Bertz CT molecular complexity index is 230. The van der Waals surface area contributed by atoms with Gasteiger partial charge in [-0.05, 0) is 32.1 Å². The van der Waals surface area contributed by atoms with Crippen molar-refractivity contribution in [2.75, 3.05) is 32.9 Å². The first-order valence-corrected chi connectivity index (χ1v) is 6.22. The lowest BCUT2D eigenvalue weighted by molar-refractivity contribution is -0.158. The van der Waals surface area contributed by atoms with Crippen LogP contribution in [0.3, 0.4) is 0 Å². The predicted octanol–water partition coefficient (Wildman–Crippen LogP) is 1.01. The lowest BCUT2D eigenvalue weighted by atomic mass is 9.66. The highest BCUT2D eigenvalue weighted by Crippen LogP contribution is 2.48. The van der Waals surface area contributed by atoms with Crippen molar-refractivity contribution < 1.29 is 9.84 Å². The summed E-state index contributed by atoms with van der Waals surface area (Å²) in [6.45, 7) is 4.66. The van der Waals surface area contributed by atoms with Crippen molar-refractivity contribution >= 4 is 0 Å². The summed E-state index contributed by atoms with van der Waals surface area (Å²) < 4.78 is 5.42. The molecule has 2 aliphatic heterocycles. The fourth-order valence-corrected chi connectivity index (χ4v) is 3.38. The third-order valence-electron chi connectivity index (χ3n) is 4.86. The van der Waals surface area contributed by atoms with Gasteiger partial charge in [0.2, 0.25) is 0 Å². The van der Waals surface area contributed by atoms with E-state index in [1.165, 1.54) is 45.2 Å². The topological polar surface area (TPSA) is 32.7 Å². The lowest BCUT2D eigenvalue weighted by Crippen LogP contribution is -2.69. The molecule has 0 aromatic heterocycles. The van der Waals surface area contributed by atoms with E-state index >= 15 is 0 Å². The van der Waals surface area contributed by atoms with Crippen LogP contribution in [0.1, 0.15) is 32.1 Å². The van der Waals surface area contributed by atoms with Crippen molar-refractivity contribution in [3.05, 3.63) is 0 Å². The molecular weight excluding hydrogens is 190 g/mol. The van der Waals surface area contributed by atoms with E-state index in [0.717, 1.165) is 13.2 Å². The zero-order valence-corrected chi connectivity index (χ0v) is 9.37. The molecule has 0 aromatic rings. The zero-order chi connectivity index (χ0) is 10.4. The van der Waals surface area contributed by atoms with Gasteiger partial charge in [-0.15, -0.1) is 0 Å². The summed E-state index contributed by atoms with van der Waals surface area (Å²) in [6.07, 6.45) is 6.16. The average Bonchev–Trinajstić information content (AvgIpc) is 2.16. The van der Waals surface area contributed by atoms with Crippen molar-refractivity contribution in [2.45, 2.75) is 37.6 Å². The maximum Gasteiger partial charge on any atom is 0.0615 e. The van der Waals surface area contributed by atoms with E-state index in [-0.39, 0.29) is 5.54 Å². The average molecular weight is 211 g/mol. The summed E-state index contributed by atoms with van der Waals surface area (Å²) >= 11 is 0. The molecule has 2 heterocycles. The van der Waals surface area contributed by atoms with Gasteiger partial charge in [0, 0.05) is 37.3 Å². The number of likely N-dealkylation sites (tertiary alicyclic amines) is 1. The van der Waals surface area contributed by atoms with Gasteiger partial charge in [-0.3, -0.25) is 4.90 Å². The number of aliphatic hydroxyl groups excluding tert-OH is 1. The van der Waals surface area contributed by atoms with Crippen LogP contribution in [-0.2, 0) is 4.74 Å². The highest BCUT2D eigenvalue weighted by atomic mass is 16.5. The molecule has 3 rings (SSSR count). The molecule has 3 aliphatic rings. The van der Waals surface area contributed by atoms with Crippen LogP contribution in [0.25, 0.3) is 0 Å². The fourth-order valence-electron chi connectivity index (χ4n) is 3.38. The third kappa shape index (κ3) is 1.44. The van der Waals surface area contributed by atoms with E-state index in [9.17, 15) is 5.11 Å². The molecule has 1 aliphatic carbocycles. The second kappa shape index (κ2) is 3.44. The van der Waals surface area contributed by atoms with E-state index in [1.807, 2.05) is 0 Å². The molecule has 2 saturated heterocycles. The minimum absolute atomic E-state index is 0.184. The Morgan fingerprint density at radius 1 is 1.07 bits per heavy atom. The maximum absolute atomic E-state index is 9.49. The number of hydrogen-bond donors (Lipinski definition) is 1. The Kier molecular flexibility index (Phi) is 2.31. The van der Waals surface area contributed by atoms with Crippen molar-refractivity contribution in [1.82, 2.24) is 4.90 Å². The van der Waals surface area contributed by atoms with Gasteiger partial charge in [-0.25, -0.2) is 0 Å². The van der Waals surface area contributed by atoms with Crippen LogP contribution in [0.2, 0.25) is 0 Å². The Labute approximate surface area is 91.4 Å². The van der Waals surface area contributed by atoms with Crippen molar-refractivity contribution in [3.8, 4) is 0 Å². The van der Waals surface area contributed by atoms with Crippen molar-refractivity contribution in [3.63, 3.8) is 0 Å². The highest BCUT2D eigenvalue weighted by Gasteiger charge is 2.53. The summed E-state index contributed by atoms with van der Waals surface area (Å²) in [5.41, 5.74) is 0.736. The smallest absolute Gasteiger partial charge is 0.0615 e. The van der Waals surface area contributed by atoms with E-state index in [1.54, 1.807) is 0 Å². The molecule has 86 valence electrons. The Hall–Kier alpha value is -0.120. The summed E-state index contributed by atoms with van der Waals surface area (Å²) in [4.78, 5) is 2.53. The Morgan fingerprint density at radius 2 is 1.73 bits per heavy atom. The van der Waals surface area contributed by atoms with Crippen LogP contribution in [0.4, 0.5) is 0 Å². The molecule has 0 aromatic carbocycles. The standard InChI is InChI=1S/C12H21NO2/c14-10-12(2-1-3-12)13-8-11(9-13)4-6-15-7-5-11/h14H,1-10H2. The molecule has 3 fully saturated rings. The van der Waals surface area contributed by atoms with Gasteiger partial charge in [-0.2, -0.15) is 0 Å². The molecular formula is C12H21NO2. The molecule has 0 bridgehead atoms. The monoisotopic (exact) mass is 211 g/mol. The first-order chi connectivity index (χ1) is 7.29. The SMILES string of the molecule is OCC1(N2CC3(CCOCC3)C2)CCC1. The van der Waals surface area contributed by atoms with Gasteiger partial charge < -0.3 is 9.84 Å². The van der Waals surface area contributed by atoms with Gasteiger partial charge in [0.05, 0.1) is 6.61 Å². The first kappa shape index (κ1) is 10.1. The number of nitrogens with zero attached hydrogens (tertiary/aromatic N) is 1.